The number of hydrogen-bond donors (Lipinski definition) is 1. The summed E-state index contributed by atoms with van der Waals surface area (Å²) in [5.74, 6) is -0.326. The van der Waals surface area contributed by atoms with Crippen molar-refractivity contribution in [2.75, 3.05) is 26.2 Å². The van der Waals surface area contributed by atoms with Crippen LogP contribution >= 0.6 is 0 Å². The van der Waals surface area contributed by atoms with Crippen molar-refractivity contribution in [3.63, 3.8) is 0 Å². The van der Waals surface area contributed by atoms with E-state index in [0.717, 1.165) is 0 Å². The zero-order chi connectivity index (χ0) is 21.2. The van der Waals surface area contributed by atoms with Crippen LogP contribution in [-0.4, -0.2) is 66.8 Å². The molecule has 29 heavy (non-hydrogen) atoms. The summed E-state index contributed by atoms with van der Waals surface area (Å²) in [4.78, 5) is 26.6. The molecule has 2 amide bonds. The minimum absolute atomic E-state index is 0.0840. The topological polar surface area (TPSA) is 113 Å². The molecule has 0 saturated carbocycles. The average molecular weight is 420 g/mol. The summed E-state index contributed by atoms with van der Waals surface area (Å²) in [5, 5.41) is 6.40. The van der Waals surface area contributed by atoms with E-state index in [9.17, 15) is 18.0 Å². The summed E-state index contributed by atoms with van der Waals surface area (Å²) in [6, 6.07) is 7.94. The van der Waals surface area contributed by atoms with Gasteiger partial charge in [0.25, 0.3) is 5.91 Å². The van der Waals surface area contributed by atoms with Gasteiger partial charge in [-0.3, -0.25) is 9.59 Å². The van der Waals surface area contributed by atoms with E-state index in [4.69, 9.17) is 4.52 Å². The Labute approximate surface area is 169 Å². The number of carbonyl (C=O) groups excluding carboxylic acids is 2. The number of hydrogen-bond acceptors (Lipinski definition) is 6. The predicted molar refractivity (Wildman–Crippen MR) is 105 cm³/mol. The van der Waals surface area contributed by atoms with Gasteiger partial charge in [-0.15, -0.1) is 0 Å². The van der Waals surface area contributed by atoms with Crippen molar-refractivity contribution in [2.45, 2.75) is 31.7 Å². The highest BCUT2D eigenvalue weighted by Gasteiger charge is 2.35. The summed E-state index contributed by atoms with van der Waals surface area (Å²) < 4.78 is 32.0. The largest absolute Gasteiger partial charge is 0.360 e. The van der Waals surface area contributed by atoms with Crippen LogP contribution in [0.4, 0.5) is 0 Å². The molecule has 9 nitrogen and oxygen atoms in total. The van der Waals surface area contributed by atoms with E-state index < -0.39 is 16.1 Å². The molecule has 1 fully saturated rings. The molecular weight excluding hydrogens is 396 g/mol. The van der Waals surface area contributed by atoms with Crippen molar-refractivity contribution in [3.8, 4) is 0 Å². The molecule has 0 bridgehead atoms. The van der Waals surface area contributed by atoms with Crippen LogP contribution < -0.4 is 5.32 Å². The second-order valence-electron chi connectivity index (χ2n) is 6.94. The maximum Gasteiger partial charge on any atom is 0.251 e. The molecule has 1 aromatic heterocycles. The number of rotatable bonds is 5. The Morgan fingerprint density at radius 3 is 2.28 bits per heavy atom. The van der Waals surface area contributed by atoms with E-state index in [2.05, 4.69) is 10.5 Å². The Balaban J connectivity index is 1.60. The van der Waals surface area contributed by atoms with Crippen LogP contribution in [0.1, 0.15) is 28.7 Å². The summed E-state index contributed by atoms with van der Waals surface area (Å²) in [6.45, 7) is 5.58. The molecule has 0 radical (unpaired) electrons. The molecule has 0 unspecified atom stereocenters. The van der Waals surface area contributed by atoms with Crippen LogP contribution in [-0.2, 0) is 14.8 Å². The molecule has 1 atom stereocenters. The molecule has 1 aromatic carbocycles. The Kier molecular flexibility index (Phi) is 6.04. The van der Waals surface area contributed by atoms with Crippen molar-refractivity contribution in [2.24, 2.45) is 0 Å². The molecule has 156 valence electrons. The zero-order valence-electron chi connectivity index (χ0n) is 16.6. The molecule has 0 spiro atoms. The summed E-state index contributed by atoms with van der Waals surface area (Å²) in [5.41, 5.74) is 0.792. The van der Waals surface area contributed by atoms with E-state index >= 15 is 0 Å². The fraction of sp³-hybridized carbons (Fsp3) is 0.421. The van der Waals surface area contributed by atoms with Gasteiger partial charge in [-0.05, 0) is 32.9 Å². The van der Waals surface area contributed by atoms with E-state index in [-0.39, 0.29) is 48.6 Å². The van der Waals surface area contributed by atoms with E-state index in [1.165, 1.54) is 4.31 Å². The molecular formula is C19H24N4O5S. The van der Waals surface area contributed by atoms with Crippen LogP contribution in [0.2, 0.25) is 0 Å². The lowest BCUT2D eigenvalue weighted by atomic mass is 10.2. The highest BCUT2D eigenvalue weighted by atomic mass is 32.2. The number of aryl methyl sites for hydroxylation is 2. The summed E-state index contributed by atoms with van der Waals surface area (Å²) in [6.07, 6.45) is 0. The number of nitrogens with one attached hydrogen (secondary N) is 1. The molecule has 1 saturated heterocycles. The van der Waals surface area contributed by atoms with Crippen molar-refractivity contribution in [1.82, 2.24) is 19.7 Å². The standard InChI is InChI=1S/C19H24N4O5S/c1-13-17(15(3)28-21-13)29(26,27)23-11-9-22(10-12-23)19(25)14(2)20-18(24)16-7-5-4-6-8-16/h4-8,14H,9-12H2,1-3H3,(H,20,24)/t14-/m0/s1. The van der Waals surface area contributed by atoms with Crippen LogP contribution in [0.15, 0.2) is 39.8 Å². The lowest BCUT2D eigenvalue weighted by molar-refractivity contribution is -0.134. The van der Waals surface area contributed by atoms with Gasteiger partial charge in [0.15, 0.2) is 5.76 Å². The molecule has 0 aliphatic carbocycles. The number of aromatic nitrogens is 1. The monoisotopic (exact) mass is 420 g/mol. The molecule has 2 aromatic rings. The van der Waals surface area contributed by atoms with Crippen molar-refractivity contribution in [1.29, 1.82) is 0 Å². The lowest BCUT2D eigenvalue weighted by Crippen LogP contribution is -2.55. The van der Waals surface area contributed by atoms with Gasteiger partial charge in [-0.1, -0.05) is 23.4 Å². The number of amides is 2. The molecule has 1 aliphatic rings. The van der Waals surface area contributed by atoms with Crippen molar-refractivity contribution < 1.29 is 22.5 Å². The Hall–Kier alpha value is -2.72. The number of sulfonamides is 1. The van der Waals surface area contributed by atoms with Crippen LogP contribution in [0.5, 0.6) is 0 Å². The molecule has 1 aliphatic heterocycles. The van der Waals surface area contributed by atoms with E-state index in [1.807, 2.05) is 6.07 Å². The first-order valence-electron chi connectivity index (χ1n) is 9.29. The second kappa shape index (κ2) is 8.34. The Morgan fingerprint density at radius 2 is 1.72 bits per heavy atom. The van der Waals surface area contributed by atoms with E-state index in [1.54, 1.807) is 49.9 Å². The van der Waals surface area contributed by atoms with Crippen LogP contribution in [0.25, 0.3) is 0 Å². The van der Waals surface area contributed by atoms with Gasteiger partial charge in [0.1, 0.15) is 16.6 Å². The third-order valence-corrected chi connectivity index (χ3v) is 7.01. The Bertz CT molecular complexity index is 975. The maximum absolute atomic E-state index is 12.9. The maximum atomic E-state index is 12.9. The Morgan fingerprint density at radius 1 is 1.10 bits per heavy atom. The zero-order valence-corrected chi connectivity index (χ0v) is 17.4. The molecule has 2 heterocycles. The SMILES string of the molecule is Cc1noc(C)c1S(=O)(=O)N1CCN(C(=O)[C@H](C)NC(=O)c2ccccc2)CC1. The molecule has 10 heteroatoms. The number of carbonyl (C=O) groups is 2. The van der Waals surface area contributed by atoms with Crippen LogP contribution in [0, 0.1) is 13.8 Å². The first kappa shape index (κ1) is 21.0. The van der Waals surface area contributed by atoms with Gasteiger partial charge in [-0.25, -0.2) is 8.42 Å². The number of piperazine rings is 1. The first-order valence-corrected chi connectivity index (χ1v) is 10.7. The van der Waals surface area contributed by atoms with Crippen molar-refractivity contribution in [3.05, 3.63) is 47.3 Å². The van der Waals surface area contributed by atoms with Crippen molar-refractivity contribution >= 4 is 21.8 Å². The fourth-order valence-corrected chi connectivity index (χ4v) is 5.04. The third-order valence-electron chi connectivity index (χ3n) is 4.87. The van der Waals surface area contributed by atoms with Gasteiger partial charge in [0.05, 0.1) is 0 Å². The smallest absolute Gasteiger partial charge is 0.251 e. The van der Waals surface area contributed by atoms with Gasteiger partial charge >= 0.3 is 0 Å². The molecule has 3 rings (SSSR count). The first-order chi connectivity index (χ1) is 13.7. The third kappa shape index (κ3) is 4.33. The number of nitrogens with zero attached hydrogens (tertiary/aromatic N) is 3. The van der Waals surface area contributed by atoms with E-state index in [0.29, 0.717) is 11.3 Å². The molecule has 1 N–H and O–H groups in total. The quantitative estimate of drug-likeness (QED) is 0.770. The average Bonchev–Trinajstić information content (AvgIpc) is 3.06. The summed E-state index contributed by atoms with van der Waals surface area (Å²) >= 11 is 0. The van der Waals surface area contributed by atoms with Gasteiger partial charge in [0, 0.05) is 31.7 Å². The lowest BCUT2D eigenvalue weighted by Gasteiger charge is -2.35. The van der Waals surface area contributed by atoms with Gasteiger partial charge in [0.2, 0.25) is 15.9 Å². The van der Waals surface area contributed by atoms with Gasteiger partial charge in [-0.2, -0.15) is 4.31 Å². The second-order valence-corrected chi connectivity index (χ2v) is 8.82. The number of benzene rings is 1. The predicted octanol–water partition coefficient (Wildman–Crippen LogP) is 0.943. The fourth-order valence-electron chi connectivity index (χ4n) is 3.33. The summed E-state index contributed by atoms with van der Waals surface area (Å²) in [7, 11) is -3.74. The van der Waals surface area contributed by atoms with Gasteiger partial charge < -0.3 is 14.7 Å². The highest BCUT2D eigenvalue weighted by molar-refractivity contribution is 7.89. The minimum atomic E-state index is -3.74. The minimum Gasteiger partial charge on any atom is -0.360 e. The highest BCUT2D eigenvalue weighted by Crippen LogP contribution is 2.24. The van der Waals surface area contributed by atoms with Crippen LogP contribution in [0.3, 0.4) is 0 Å². The normalized spacial score (nSPS) is 16.4.